The number of nitrogens with zero attached hydrogens (tertiary/aromatic N) is 2. The van der Waals surface area contributed by atoms with Crippen LogP contribution in [0.2, 0.25) is 0 Å². The Hall–Kier alpha value is -0.910. The molecule has 5 heteroatoms. The molecule has 0 saturated carbocycles. The molecular weight excluding hydrogens is 186 g/mol. The van der Waals surface area contributed by atoms with Gasteiger partial charge >= 0.3 is 0 Å². The largest absolute Gasteiger partial charge is 0.382 e. The van der Waals surface area contributed by atoms with Crippen molar-refractivity contribution in [2.24, 2.45) is 5.92 Å². The van der Waals surface area contributed by atoms with Gasteiger partial charge in [-0.3, -0.25) is 0 Å². The van der Waals surface area contributed by atoms with Gasteiger partial charge in [-0.05, 0) is 12.3 Å². The zero-order valence-corrected chi connectivity index (χ0v) is 8.08. The van der Waals surface area contributed by atoms with E-state index in [-0.39, 0.29) is 17.2 Å². The van der Waals surface area contributed by atoms with Crippen molar-refractivity contribution in [1.29, 1.82) is 10.5 Å². The molecular formula is C8H11N3OS. The molecule has 1 saturated heterocycles. The number of thioether (sulfide) groups is 1. The molecule has 0 aromatic heterocycles. The molecule has 0 aromatic carbocycles. The molecule has 4 nitrogen and oxygen atoms in total. The molecule has 1 aliphatic rings. The Bertz CT molecular complexity index is 257. The Labute approximate surface area is 81.5 Å². The monoisotopic (exact) mass is 197 g/mol. The summed E-state index contributed by atoms with van der Waals surface area (Å²) in [5.74, 6) is 0.125. The first-order valence-corrected chi connectivity index (χ1v) is 5.01. The van der Waals surface area contributed by atoms with Crippen molar-refractivity contribution < 1.29 is 5.11 Å². The van der Waals surface area contributed by atoms with Gasteiger partial charge in [-0.1, -0.05) is 6.92 Å². The third-order valence-electron chi connectivity index (χ3n) is 2.14. The molecule has 1 fully saturated rings. The number of nitrogens with one attached hydrogen (secondary N) is 1. The maximum atomic E-state index is 9.47. The van der Waals surface area contributed by atoms with Crippen LogP contribution < -0.4 is 5.32 Å². The first kappa shape index (κ1) is 10.2. The molecule has 0 aliphatic carbocycles. The fourth-order valence-electron chi connectivity index (χ4n) is 1.36. The Kier molecular flexibility index (Phi) is 3.41. The van der Waals surface area contributed by atoms with Gasteiger partial charge in [0.15, 0.2) is 6.19 Å². The molecule has 1 heterocycles. The highest BCUT2D eigenvalue weighted by atomic mass is 32.2. The highest BCUT2D eigenvalue weighted by molar-refractivity contribution is 8.00. The van der Waals surface area contributed by atoms with E-state index < -0.39 is 5.44 Å². The number of aliphatic hydroxyl groups is 1. The summed E-state index contributed by atoms with van der Waals surface area (Å²) in [4.78, 5) is 0. The lowest BCUT2D eigenvalue weighted by Gasteiger charge is -2.33. The average molecular weight is 197 g/mol. The third kappa shape index (κ3) is 2.27. The first-order valence-electron chi connectivity index (χ1n) is 4.06. The summed E-state index contributed by atoms with van der Waals surface area (Å²) < 4.78 is 0. The van der Waals surface area contributed by atoms with Crippen molar-refractivity contribution in [3.8, 4) is 12.3 Å². The van der Waals surface area contributed by atoms with Gasteiger partial charge in [-0.15, -0.1) is 11.8 Å². The molecule has 13 heavy (non-hydrogen) atoms. The molecule has 0 aromatic rings. The van der Waals surface area contributed by atoms with Crippen LogP contribution >= 0.6 is 11.8 Å². The molecule has 70 valence electrons. The van der Waals surface area contributed by atoms with Crippen molar-refractivity contribution in [2.75, 3.05) is 0 Å². The SMILES string of the molecule is CC1CC(NC#N)[C@H](C#N)S[C@@H]1O. The van der Waals surface area contributed by atoms with E-state index in [2.05, 4.69) is 11.4 Å². The zero-order valence-electron chi connectivity index (χ0n) is 7.27. The van der Waals surface area contributed by atoms with Gasteiger partial charge in [0.25, 0.3) is 0 Å². The van der Waals surface area contributed by atoms with E-state index in [4.69, 9.17) is 10.5 Å². The predicted octanol–water partition coefficient (Wildman–Crippen LogP) is 0.409. The Morgan fingerprint density at radius 1 is 1.54 bits per heavy atom. The maximum absolute atomic E-state index is 9.47. The maximum Gasteiger partial charge on any atom is 0.176 e. The molecule has 4 atom stereocenters. The standard InChI is InChI=1S/C8H11N3OS/c1-5-2-6(11-4-10)7(3-9)13-8(5)12/h5-8,11-12H,2H2,1H3/t5?,6?,7-,8-/m0/s1. The normalized spacial score (nSPS) is 38.8. The lowest BCUT2D eigenvalue weighted by Crippen LogP contribution is -2.43. The smallest absolute Gasteiger partial charge is 0.176 e. The van der Waals surface area contributed by atoms with E-state index in [0.29, 0.717) is 6.42 Å². The van der Waals surface area contributed by atoms with E-state index in [1.807, 2.05) is 13.1 Å². The molecule has 0 amide bonds. The highest BCUT2D eigenvalue weighted by Crippen LogP contribution is 2.33. The van der Waals surface area contributed by atoms with Crippen LogP contribution in [0.3, 0.4) is 0 Å². The number of hydrogen-bond acceptors (Lipinski definition) is 5. The number of rotatable bonds is 1. The van der Waals surface area contributed by atoms with Crippen LogP contribution in [-0.2, 0) is 0 Å². The quantitative estimate of drug-likeness (QED) is 0.470. The molecule has 0 bridgehead atoms. The molecule has 1 rings (SSSR count). The molecule has 1 aliphatic heterocycles. The Morgan fingerprint density at radius 3 is 2.77 bits per heavy atom. The van der Waals surface area contributed by atoms with Crippen LogP contribution in [0, 0.1) is 28.7 Å². The second kappa shape index (κ2) is 4.36. The third-order valence-corrected chi connectivity index (χ3v) is 3.61. The van der Waals surface area contributed by atoms with Crippen LogP contribution in [0.1, 0.15) is 13.3 Å². The number of nitriles is 2. The minimum absolute atomic E-state index is 0.125. The lowest BCUT2D eigenvalue weighted by atomic mass is 9.99. The van der Waals surface area contributed by atoms with Gasteiger partial charge in [0.1, 0.15) is 10.7 Å². The lowest BCUT2D eigenvalue weighted by molar-refractivity contribution is 0.178. The van der Waals surface area contributed by atoms with Crippen molar-refractivity contribution in [3.63, 3.8) is 0 Å². The minimum atomic E-state index is -0.485. The second-order valence-corrected chi connectivity index (χ2v) is 4.41. The van der Waals surface area contributed by atoms with Crippen molar-refractivity contribution in [2.45, 2.75) is 30.1 Å². The highest BCUT2D eigenvalue weighted by Gasteiger charge is 2.34. The van der Waals surface area contributed by atoms with Gasteiger partial charge in [-0.25, -0.2) is 0 Å². The number of hydrogen-bond donors (Lipinski definition) is 2. The summed E-state index contributed by atoms with van der Waals surface area (Å²) in [6.45, 7) is 1.91. The predicted molar refractivity (Wildman–Crippen MR) is 49.3 cm³/mol. The van der Waals surface area contributed by atoms with E-state index in [0.717, 1.165) is 0 Å². The van der Waals surface area contributed by atoms with Gasteiger partial charge in [-0.2, -0.15) is 10.5 Å². The molecule has 0 radical (unpaired) electrons. The Morgan fingerprint density at radius 2 is 2.23 bits per heavy atom. The first-order chi connectivity index (χ1) is 6.19. The molecule has 0 spiro atoms. The summed E-state index contributed by atoms with van der Waals surface area (Å²) in [5.41, 5.74) is -0.485. The van der Waals surface area contributed by atoms with Crippen molar-refractivity contribution >= 4 is 11.8 Å². The zero-order chi connectivity index (χ0) is 9.84. The fourth-order valence-corrected chi connectivity index (χ4v) is 2.47. The summed E-state index contributed by atoms with van der Waals surface area (Å²) in [7, 11) is 0. The van der Waals surface area contributed by atoms with Crippen LogP contribution in [0.25, 0.3) is 0 Å². The Balaban J connectivity index is 2.63. The summed E-state index contributed by atoms with van der Waals surface area (Å²) in [6, 6.07) is 1.95. The van der Waals surface area contributed by atoms with E-state index in [1.54, 1.807) is 0 Å². The van der Waals surface area contributed by atoms with Crippen molar-refractivity contribution in [3.05, 3.63) is 0 Å². The van der Waals surface area contributed by atoms with Gasteiger partial charge in [0.2, 0.25) is 0 Å². The summed E-state index contributed by atoms with van der Waals surface area (Å²) in [5, 5.41) is 28.9. The van der Waals surface area contributed by atoms with Gasteiger partial charge in [0.05, 0.1) is 12.1 Å². The minimum Gasteiger partial charge on any atom is -0.382 e. The number of aliphatic hydroxyl groups excluding tert-OH is 1. The molecule has 2 N–H and O–H groups in total. The van der Waals surface area contributed by atoms with Crippen LogP contribution in [0.5, 0.6) is 0 Å². The topological polar surface area (TPSA) is 79.8 Å². The summed E-state index contributed by atoms with van der Waals surface area (Å²) >= 11 is 1.22. The van der Waals surface area contributed by atoms with E-state index in [9.17, 15) is 5.11 Å². The van der Waals surface area contributed by atoms with Crippen LogP contribution in [-0.4, -0.2) is 21.8 Å². The average Bonchev–Trinajstić information content (AvgIpc) is 2.11. The summed E-state index contributed by atoms with van der Waals surface area (Å²) in [6.07, 6.45) is 2.51. The van der Waals surface area contributed by atoms with Crippen molar-refractivity contribution in [1.82, 2.24) is 5.32 Å². The van der Waals surface area contributed by atoms with E-state index >= 15 is 0 Å². The second-order valence-electron chi connectivity index (χ2n) is 3.15. The van der Waals surface area contributed by atoms with Crippen LogP contribution in [0.15, 0.2) is 0 Å². The van der Waals surface area contributed by atoms with E-state index in [1.165, 1.54) is 11.8 Å². The fraction of sp³-hybridized carbons (Fsp3) is 0.750. The van der Waals surface area contributed by atoms with Gasteiger partial charge in [0, 0.05) is 0 Å². The van der Waals surface area contributed by atoms with Crippen LogP contribution in [0.4, 0.5) is 0 Å². The molecule has 2 unspecified atom stereocenters. The van der Waals surface area contributed by atoms with Gasteiger partial charge < -0.3 is 10.4 Å².